The van der Waals surface area contributed by atoms with E-state index in [1.165, 1.54) is 0 Å². The molecule has 0 aliphatic heterocycles. The SMILES string of the molecule is CCCNC(=O)CC(CN)N(C)Cc1ccco1. The van der Waals surface area contributed by atoms with Crippen LogP contribution in [0.1, 0.15) is 25.5 Å². The minimum absolute atomic E-state index is 0.0342. The van der Waals surface area contributed by atoms with Gasteiger partial charge in [-0.05, 0) is 25.6 Å². The molecule has 1 rings (SSSR count). The van der Waals surface area contributed by atoms with Crippen molar-refractivity contribution in [3.63, 3.8) is 0 Å². The summed E-state index contributed by atoms with van der Waals surface area (Å²) < 4.78 is 5.29. The van der Waals surface area contributed by atoms with Crippen molar-refractivity contribution in [1.29, 1.82) is 0 Å². The van der Waals surface area contributed by atoms with Crippen molar-refractivity contribution in [2.45, 2.75) is 32.4 Å². The van der Waals surface area contributed by atoms with Gasteiger partial charge in [-0.1, -0.05) is 6.92 Å². The molecule has 0 aromatic carbocycles. The number of hydrogen-bond donors (Lipinski definition) is 2. The molecular formula is C13H23N3O2. The molecule has 3 N–H and O–H groups in total. The van der Waals surface area contributed by atoms with Crippen molar-refractivity contribution in [2.75, 3.05) is 20.1 Å². The molecule has 0 aliphatic rings. The van der Waals surface area contributed by atoms with Crippen LogP contribution in [-0.4, -0.2) is 37.0 Å². The summed E-state index contributed by atoms with van der Waals surface area (Å²) in [7, 11) is 1.95. The summed E-state index contributed by atoms with van der Waals surface area (Å²) in [5, 5.41) is 2.87. The zero-order valence-corrected chi connectivity index (χ0v) is 11.2. The lowest BCUT2D eigenvalue weighted by Crippen LogP contribution is -2.41. The van der Waals surface area contributed by atoms with Crippen LogP contribution >= 0.6 is 0 Å². The molecule has 5 heteroatoms. The standard InChI is InChI=1S/C13H23N3O2/c1-3-6-15-13(17)8-11(9-14)16(2)10-12-5-4-7-18-12/h4-5,7,11H,3,6,8-10,14H2,1-2H3,(H,15,17). The third kappa shape index (κ3) is 4.89. The number of rotatable bonds is 8. The zero-order valence-electron chi connectivity index (χ0n) is 11.2. The Hall–Kier alpha value is -1.33. The molecule has 0 radical (unpaired) electrons. The van der Waals surface area contributed by atoms with Crippen LogP contribution in [0.15, 0.2) is 22.8 Å². The van der Waals surface area contributed by atoms with Gasteiger partial charge in [-0.3, -0.25) is 9.69 Å². The van der Waals surface area contributed by atoms with Gasteiger partial charge in [-0.25, -0.2) is 0 Å². The lowest BCUT2D eigenvalue weighted by Gasteiger charge is -2.25. The summed E-state index contributed by atoms with van der Waals surface area (Å²) >= 11 is 0. The van der Waals surface area contributed by atoms with Gasteiger partial charge in [0.05, 0.1) is 12.8 Å². The number of carbonyl (C=O) groups is 1. The molecule has 1 amide bonds. The van der Waals surface area contributed by atoms with Crippen LogP contribution in [0.3, 0.4) is 0 Å². The van der Waals surface area contributed by atoms with E-state index < -0.39 is 0 Å². The summed E-state index contributed by atoms with van der Waals surface area (Å²) in [4.78, 5) is 13.7. The molecule has 1 heterocycles. The predicted molar refractivity (Wildman–Crippen MR) is 70.9 cm³/mol. The van der Waals surface area contributed by atoms with Crippen molar-refractivity contribution >= 4 is 5.91 Å². The molecule has 0 saturated heterocycles. The largest absolute Gasteiger partial charge is 0.468 e. The molecule has 1 aromatic rings. The van der Waals surface area contributed by atoms with Gasteiger partial charge >= 0.3 is 0 Å². The quantitative estimate of drug-likeness (QED) is 0.723. The molecule has 0 aliphatic carbocycles. The zero-order chi connectivity index (χ0) is 13.4. The number of nitrogens with one attached hydrogen (secondary N) is 1. The summed E-state index contributed by atoms with van der Waals surface area (Å²) in [5.74, 6) is 0.934. The van der Waals surface area contributed by atoms with Crippen molar-refractivity contribution in [2.24, 2.45) is 5.73 Å². The van der Waals surface area contributed by atoms with E-state index in [0.717, 1.165) is 18.7 Å². The highest BCUT2D eigenvalue weighted by Gasteiger charge is 2.17. The van der Waals surface area contributed by atoms with Gasteiger partial charge in [0.2, 0.25) is 5.91 Å². The van der Waals surface area contributed by atoms with Gasteiger partial charge in [-0.15, -0.1) is 0 Å². The minimum Gasteiger partial charge on any atom is -0.468 e. The molecule has 102 valence electrons. The molecule has 18 heavy (non-hydrogen) atoms. The first-order valence-electron chi connectivity index (χ1n) is 6.36. The van der Waals surface area contributed by atoms with Gasteiger partial charge in [0.25, 0.3) is 0 Å². The van der Waals surface area contributed by atoms with Crippen LogP contribution in [0.25, 0.3) is 0 Å². The summed E-state index contributed by atoms with van der Waals surface area (Å²) in [6.45, 7) is 3.87. The molecule has 0 fully saturated rings. The molecule has 5 nitrogen and oxygen atoms in total. The Morgan fingerprint density at radius 1 is 1.61 bits per heavy atom. The molecule has 0 bridgehead atoms. The summed E-state index contributed by atoms with van der Waals surface area (Å²) in [6, 6.07) is 3.81. The average molecular weight is 253 g/mol. The van der Waals surface area contributed by atoms with Gasteiger partial charge in [0.15, 0.2) is 0 Å². The van der Waals surface area contributed by atoms with Gasteiger partial charge < -0.3 is 15.5 Å². The third-order valence-electron chi connectivity index (χ3n) is 2.87. The first-order chi connectivity index (χ1) is 8.67. The fraction of sp³-hybridized carbons (Fsp3) is 0.615. The molecule has 0 spiro atoms. The van der Waals surface area contributed by atoms with E-state index >= 15 is 0 Å². The topological polar surface area (TPSA) is 71.5 Å². The number of amides is 1. The molecule has 1 unspecified atom stereocenters. The van der Waals surface area contributed by atoms with Crippen LogP contribution in [0.2, 0.25) is 0 Å². The summed E-state index contributed by atoms with van der Waals surface area (Å²) in [5.41, 5.74) is 5.73. The molecule has 1 atom stereocenters. The second-order valence-corrected chi connectivity index (χ2v) is 4.44. The van der Waals surface area contributed by atoms with Crippen LogP contribution in [0.4, 0.5) is 0 Å². The number of nitrogens with zero attached hydrogens (tertiary/aromatic N) is 1. The Bertz CT molecular complexity index is 338. The Balaban J connectivity index is 2.41. The number of hydrogen-bond acceptors (Lipinski definition) is 4. The third-order valence-corrected chi connectivity index (χ3v) is 2.87. The second-order valence-electron chi connectivity index (χ2n) is 4.44. The van der Waals surface area contributed by atoms with E-state index in [9.17, 15) is 4.79 Å². The highest BCUT2D eigenvalue weighted by molar-refractivity contribution is 5.76. The second kappa shape index (κ2) is 7.89. The number of nitrogens with two attached hydrogens (primary N) is 1. The first kappa shape index (κ1) is 14.7. The maximum absolute atomic E-state index is 11.7. The van der Waals surface area contributed by atoms with Gasteiger partial charge in [0, 0.05) is 25.6 Å². The van der Waals surface area contributed by atoms with E-state index in [1.807, 2.05) is 31.0 Å². The Labute approximate surface area is 108 Å². The molecule has 0 saturated carbocycles. The van der Waals surface area contributed by atoms with E-state index in [1.54, 1.807) is 6.26 Å². The van der Waals surface area contributed by atoms with Gasteiger partial charge in [-0.2, -0.15) is 0 Å². The fourth-order valence-electron chi connectivity index (χ4n) is 1.75. The molecular weight excluding hydrogens is 230 g/mol. The number of likely N-dealkylation sites (N-methyl/N-ethyl adjacent to an activating group) is 1. The van der Waals surface area contributed by atoms with E-state index in [4.69, 9.17) is 10.2 Å². The lowest BCUT2D eigenvalue weighted by atomic mass is 10.1. The van der Waals surface area contributed by atoms with Crippen LogP contribution in [0, 0.1) is 0 Å². The Morgan fingerprint density at radius 2 is 2.39 bits per heavy atom. The lowest BCUT2D eigenvalue weighted by molar-refractivity contribution is -0.122. The van der Waals surface area contributed by atoms with E-state index in [0.29, 0.717) is 19.5 Å². The highest BCUT2D eigenvalue weighted by Crippen LogP contribution is 2.08. The number of furan rings is 1. The first-order valence-corrected chi connectivity index (χ1v) is 6.36. The van der Waals surface area contributed by atoms with Gasteiger partial charge in [0.1, 0.15) is 5.76 Å². The minimum atomic E-state index is 0.0342. The van der Waals surface area contributed by atoms with Crippen LogP contribution in [-0.2, 0) is 11.3 Å². The maximum atomic E-state index is 11.7. The smallest absolute Gasteiger partial charge is 0.221 e. The fourth-order valence-corrected chi connectivity index (χ4v) is 1.75. The van der Waals surface area contributed by atoms with Crippen molar-refractivity contribution in [3.05, 3.63) is 24.2 Å². The monoisotopic (exact) mass is 253 g/mol. The van der Waals surface area contributed by atoms with Crippen molar-refractivity contribution in [3.8, 4) is 0 Å². The average Bonchev–Trinajstić information content (AvgIpc) is 2.86. The van der Waals surface area contributed by atoms with Crippen molar-refractivity contribution < 1.29 is 9.21 Å². The normalized spacial score (nSPS) is 12.7. The van der Waals surface area contributed by atoms with Crippen LogP contribution < -0.4 is 11.1 Å². The maximum Gasteiger partial charge on any atom is 0.221 e. The number of carbonyl (C=O) groups excluding carboxylic acids is 1. The highest BCUT2D eigenvalue weighted by atomic mass is 16.3. The van der Waals surface area contributed by atoms with Crippen LogP contribution in [0.5, 0.6) is 0 Å². The summed E-state index contributed by atoms with van der Waals surface area (Å²) in [6.07, 6.45) is 3.02. The van der Waals surface area contributed by atoms with E-state index in [2.05, 4.69) is 5.32 Å². The Kier molecular flexibility index (Phi) is 6.46. The molecule has 1 aromatic heterocycles. The van der Waals surface area contributed by atoms with Crippen molar-refractivity contribution in [1.82, 2.24) is 10.2 Å². The Morgan fingerprint density at radius 3 is 2.94 bits per heavy atom. The predicted octanol–water partition coefficient (Wildman–Crippen LogP) is 0.955. The van der Waals surface area contributed by atoms with E-state index in [-0.39, 0.29) is 11.9 Å².